The number of benzene rings is 1. The summed E-state index contributed by atoms with van der Waals surface area (Å²) in [6.07, 6.45) is 2.65. The lowest BCUT2D eigenvalue weighted by Gasteiger charge is -2.07. The molecule has 17 heavy (non-hydrogen) atoms. The van der Waals surface area contributed by atoms with E-state index in [1.807, 2.05) is 0 Å². The van der Waals surface area contributed by atoms with Crippen LogP contribution in [0.4, 0.5) is 4.39 Å². The van der Waals surface area contributed by atoms with Crippen LogP contribution in [0.1, 0.15) is 24.8 Å². The Morgan fingerprint density at radius 3 is 3.06 bits per heavy atom. The average molecular weight is 238 g/mol. The Balaban J connectivity index is 1.81. The second-order valence-electron chi connectivity index (χ2n) is 4.14. The molecule has 1 aliphatic rings. The quantitative estimate of drug-likeness (QED) is 0.598. The lowest BCUT2D eigenvalue weighted by Crippen LogP contribution is -2.32. The lowest BCUT2D eigenvalue weighted by molar-refractivity contribution is 0.204. The van der Waals surface area contributed by atoms with Gasteiger partial charge in [-0.3, -0.25) is 0 Å². The molecule has 0 atom stereocenters. The molecule has 0 spiro atoms. The third-order valence-corrected chi connectivity index (χ3v) is 2.82. The summed E-state index contributed by atoms with van der Waals surface area (Å²) in [5.74, 6) is -0.240. The van der Waals surface area contributed by atoms with Gasteiger partial charge in [-0.15, -0.1) is 0 Å². The van der Waals surface area contributed by atoms with Gasteiger partial charge in [0.1, 0.15) is 5.82 Å². The van der Waals surface area contributed by atoms with E-state index in [-0.39, 0.29) is 19.5 Å². The second kappa shape index (κ2) is 6.14. The van der Waals surface area contributed by atoms with Crippen LogP contribution in [0.15, 0.2) is 18.2 Å². The number of hydrogen-bond acceptors (Lipinski definition) is 3. The molecule has 0 saturated heterocycles. The van der Waals surface area contributed by atoms with Crippen LogP contribution < -0.4 is 5.46 Å². The van der Waals surface area contributed by atoms with Crippen molar-refractivity contribution in [1.29, 1.82) is 0 Å². The minimum Gasteiger partial charge on any atom is -0.407 e. The molecule has 1 aromatic carbocycles. The summed E-state index contributed by atoms with van der Waals surface area (Å²) in [5, 5.41) is 8.63. The molecule has 0 aliphatic carbocycles. The maximum absolute atomic E-state index is 13.0. The van der Waals surface area contributed by atoms with Crippen LogP contribution in [0.25, 0.3) is 0 Å². The van der Waals surface area contributed by atoms with E-state index in [2.05, 4.69) is 0 Å². The smallest absolute Gasteiger partial charge is 0.407 e. The minimum atomic E-state index is -0.361. The molecule has 92 valence electrons. The fraction of sp³-hybridized carbons (Fsp3) is 0.500. The molecule has 0 aromatic heterocycles. The SMILES string of the molecule is OCCCCCOB1OCc2cc(F)ccc21. The fourth-order valence-corrected chi connectivity index (χ4v) is 1.90. The number of aliphatic hydroxyl groups excluding tert-OH is 1. The van der Waals surface area contributed by atoms with E-state index in [0.717, 1.165) is 30.3 Å². The van der Waals surface area contributed by atoms with Gasteiger partial charge in [-0.25, -0.2) is 4.39 Å². The second-order valence-corrected chi connectivity index (χ2v) is 4.14. The van der Waals surface area contributed by atoms with E-state index in [1.54, 1.807) is 6.07 Å². The third kappa shape index (κ3) is 3.28. The molecule has 5 heteroatoms. The van der Waals surface area contributed by atoms with Crippen molar-refractivity contribution in [3.63, 3.8) is 0 Å². The zero-order valence-corrected chi connectivity index (χ0v) is 9.69. The van der Waals surface area contributed by atoms with Crippen molar-refractivity contribution in [1.82, 2.24) is 0 Å². The number of fused-ring (bicyclic) bond motifs is 1. The van der Waals surface area contributed by atoms with Gasteiger partial charge >= 0.3 is 7.12 Å². The van der Waals surface area contributed by atoms with Gasteiger partial charge in [0.05, 0.1) is 6.61 Å². The van der Waals surface area contributed by atoms with Crippen LogP contribution in [-0.4, -0.2) is 25.4 Å². The first-order valence-electron chi connectivity index (χ1n) is 5.93. The first-order chi connectivity index (χ1) is 8.31. The summed E-state index contributed by atoms with van der Waals surface area (Å²) in [7, 11) is -0.361. The van der Waals surface area contributed by atoms with E-state index in [9.17, 15) is 4.39 Å². The monoisotopic (exact) mass is 238 g/mol. The highest BCUT2D eigenvalue weighted by molar-refractivity contribution is 6.62. The molecule has 0 unspecified atom stereocenters. The highest BCUT2D eigenvalue weighted by atomic mass is 19.1. The van der Waals surface area contributed by atoms with E-state index in [4.69, 9.17) is 14.4 Å². The summed E-state index contributed by atoms with van der Waals surface area (Å²) in [5.41, 5.74) is 1.79. The molecule has 1 aliphatic heterocycles. The van der Waals surface area contributed by atoms with Crippen molar-refractivity contribution < 1.29 is 18.8 Å². The average Bonchev–Trinajstić information content (AvgIpc) is 2.71. The molecule has 0 amide bonds. The first-order valence-corrected chi connectivity index (χ1v) is 5.93. The molecular weight excluding hydrogens is 222 g/mol. The van der Waals surface area contributed by atoms with Gasteiger partial charge in [-0.2, -0.15) is 0 Å². The van der Waals surface area contributed by atoms with Gasteiger partial charge in [0.15, 0.2) is 0 Å². The number of halogens is 1. The number of rotatable bonds is 6. The Morgan fingerprint density at radius 1 is 1.35 bits per heavy atom. The van der Waals surface area contributed by atoms with Crippen molar-refractivity contribution in [3.05, 3.63) is 29.6 Å². The Labute approximate surface area is 101 Å². The maximum atomic E-state index is 13.0. The number of aliphatic hydroxyl groups is 1. The summed E-state index contributed by atoms with van der Waals surface area (Å²) < 4.78 is 24.0. The summed E-state index contributed by atoms with van der Waals surface area (Å²) in [6.45, 7) is 1.23. The molecule has 1 N–H and O–H groups in total. The Hall–Kier alpha value is -0.905. The third-order valence-electron chi connectivity index (χ3n) is 2.82. The Morgan fingerprint density at radius 2 is 2.24 bits per heavy atom. The van der Waals surface area contributed by atoms with Crippen molar-refractivity contribution in [2.45, 2.75) is 25.9 Å². The molecule has 2 rings (SSSR count). The number of hydrogen-bond donors (Lipinski definition) is 1. The zero-order chi connectivity index (χ0) is 12.1. The largest absolute Gasteiger partial charge is 0.494 e. The highest BCUT2D eigenvalue weighted by Gasteiger charge is 2.30. The molecule has 3 nitrogen and oxygen atoms in total. The van der Waals surface area contributed by atoms with Crippen LogP contribution in [-0.2, 0) is 15.9 Å². The Bertz CT molecular complexity index is 373. The van der Waals surface area contributed by atoms with Crippen LogP contribution in [0.3, 0.4) is 0 Å². The molecule has 1 aromatic rings. The van der Waals surface area contributed by atoms with E-state index >= 15 is 0 Å². The van der Waals surface area contributed by atoms with Crippen molar-refractivity contribution >= 4 is 12.6 Å². The van der Waals surface area contributed by atoms with Crippen LogP contribution in [0.5, 0.6) is 0 Å². The van der Waals surface area contributed by atoms with Crippen molar-refractivity contribution in [3.8, 4) is 0 Å². The summed E-state index contributed by atoms with van der Waals surface area (Å²) >= 11 is 0. The molecule has 0 radical (unpaired) electrons. The predicted molar refractivity (Wildman–Crippen MR) is 63.5 cm³/mol. The van der Waals surface area contributed by atoms with Gasteiger partial charge in [-0.1, -0.05) is 6.07 Å². The molecule has 0 saturated carbocycles. The van der Waals surface area contributed by atoms with Crippen LogP contribution in [0.2, 0.25) is 0 Å². The van der Waals surface area contributed by atoms with Gasteiger partial charge in [0.25, 0.3) is 0 Å². The van der Waals surface area contributed by atoms with Gasteiger partial charge < -0.3 is 14.4 Å². The standard InChI is InChI=1S/C12H16BFO3/c14-11-4-5-12-10(8-11)9-17-13(12)16-7-3-1-2-6-15/h4-5,8,15H,1-3,6-7,9H2. The van der Waals surface area contributed by atoms with Crippen molar-refractivity contribution in [2.75, 3.05) is 13.2 Å². The topological polar surface area (TPSA) is 38.7 Å². The lowest BCUT2D eigenvalue weighted by atomic mass is 9.79. The molecule has 0 fully saturated rings. The molecular formula is C12H16BFO3. The normalized spacial score (nSPS) is 14.1. The Kier molecular flexibility index (Phi) is 4.53. The van der Waals surface area contributed by atoms with Gasteiger partial charge in [0.2, 0.25) is 0 Å². The minimum absolute atomic E-state index is 0.224. The van der Waals surface area contributed by atoms with Crippen LogP contribution in [0, 0.1) is 5.82 Å². The zero-order valence-electron chi connectivity index (χ0n) is 9.69. The fourth-order valence-electron chi connectivity index (χ4n) is 1.90. The van der Waals surface area contributed by atoms with E-state index in [0.29, 0.717) is 13.2 Å². The summed E-state index contributed by atoms with van der Waals surface area (Å²) in [6, 6.07) is 4.64. The first kappa shape index (κ1) is 12.5. The number of unbranched alkanes of at least 4 members (excludes halogenated alkanes) is 2. The van der Waals surface area contributed by atoms with E-state index in [1.165, 1.54) is 12.1 Å². The molecule has 1 heterocycles. The maximum Gasteiger partial charge on any atom is 0.494 e. The predicted octanol–water partition coefficient (Wildman–Crippen LogP) is 1.23. The van der Waals surface area contributed by atoms with Gasteiger partial charge in [-0.05, 0) is 42.4 Å². The summed E-state index contributed by atoms with van der Waals surface area (Å²) in [4.78, 5) is 0. The van der Waals surface area contributed by atoms with E-state index < -0.39 is 0 Å². The molecule has 0 bridgehead atoms. The van der Waals surface area contributed by atoms with Crippen LogP contribution >= 0.6 is 0 Å². The highest BCUT2D eigenvalue weighted by Crippen LogP contribution is 2.13. The van der Waals surface area contributed by atoms with Gasteiger partial charge in [0, 0.05) is 13.2 Å². The van der Waals surface area contributed by atoms with Crippen molar-refractivity contribution in [2.24, 2.45) is 0 Å².